The van der Waals surface area contributed by atoms with Crippen LogP contribution < -0.4 is 5.32 Å². The molecule has 3 aromatic rings. The van der Waals surface area contributed by atoms with Crippen molar-refractivity contribution in [1.82, 2.24) is 0 Å². The fourth-order valence-electron chi connectivity index (χ4n) is 2.39. The van der Waals surface area contributed by atoms with Gasteiger partial charge in [-0.1, -0.05) is 18.2 Å². The average molecular weight is 269 g/mol. The van der Waals surface area contributed by atoms with Gasteiger partial charge in [-0.05, 0) is 43.7 Å². The third kappa shape index (κ3) is 2.27. The van der Waals surface area contributed by atoms with Gasteiger partial charge in [0.05, 0.1) is 0 Å². The van der Waals surface area contributed by atoms with E-state index in [9.17, 15) is 4.39 Å². The number of benzene rings is 2. The first-order valence-corrected chi connectivity index (χ1v) is 6.62. The molecule has 3 rings (SSSR count). The first-order chi connectivity index (χ1) is 9.65. The normalized spacial score (nSPS) is 10.9. The number of hydrogen-bond donors (Lipinski definition) is 1. The van der Waals surface area contributed by atoms with Gasteiger partial charge in [-0.25, -0.2) is 4.39 Å². The van der Waals surface area contributed by atoms with Crippen LogP contribution >= 0.6 is 0 Å². The molecule has 20 heavy (non-hydrogen) atoms. The molecular formula is C17H16FNO. The maximum Gasteiger partial charge on any atom is 0.134 e. The van der Waals surface area contributed by atoms with Crippen molar-refractivity contribution in [1.29, 1.82) is 0 Å². The Morgan fingerprint density at radius 1 is 1.10 bits per heavy atom. The molecule has 0 aliphatic rings. The average Bonchev–Trinajstić information content (AvgIpc) is 2.76. The summed E-state index contributed by atoms with van der Waals surface area (Å²) >= 11 is 0. The van der Waals surface area contributed by atoms with Crippen LogP contribution in [0.25, 0.3) is 11.0 Å². The van der Waals surface area contributed by atoms with Crippen LogP contribution in [0.4, 0.5) is 10.1 Å². The summed E-state index contributed by atoms with van der Waals surface area (Å²) in [7, 11) is 0. The molecule has 0 aliphatic carbocycles. The Morgan fingerprint density at radius 2 is 1.90 bits per heavy atom. The first-order valence-electron chi connectivity index (χ1n) is 6.62. The second kappa shape index (κ2) is 5.00. The summed E-state index contributed by atoms with van der Waals surface area (Å²) in [6.07, 6.45) is 0. The highest BCUT2D eigenvalue weighted by Crippen LogP contribution is 2.26. The molecule has 0 saturated carbocycles. The Kier molecular flexibility index (Phi) is 3.18. The summed E-state index contributed by atoms with van der Waals surface area (Å²) in [6, 6.07) is 13.0. The fraction of sp³-hybridized carbons (Fsp3) is 0.176. The van der Waals surface area contributed by atoms with E-state index in [4.69, 9.17) is 4.42 Å². The van der Waals surface area contributed by atoms with Gasteiger partial charge in [-0.2, -0.15) is 0 Å². The van der Waals surface area contributed by atoms with E-state index < -0.39 is 0 Å². The van der Waals surface area contributed by atoms with Crippen molar-refractivity contribution in [3.05, 3.63) is 65.2 Å². The van der Waals surface area contributed by atoms with E-state index in [-0.39, 0.29) is 5.82 Å². The molecule has 0 saturated heterocycles. The van der Waals surface area contributed by atoms with Crippen molar-refractivity contribution in [2.45, 2.75) is 20.4 Å². The van der Waals surface area contributed by atoms with E-state index >= 15 is 0 Å². The molecule has 0 fully saturated rings. The van der Waals surface area contributed by atoms with Crippen molar-refractivity contribution in [3.8, 4) is 0 Å². The first kappa shape index (κ1) is 12.7. The fourth-order valence-corrected chi connectivity index (χ4v) is 2.39. The van der Waals surface area contributed by atoms with Crippen molar-refractivity contribution in [2.75, 3.05) is 5.32 Å². The lowest BCUT2D eigenvalue weighted by molar-refractivity contribution is 0.573. The summed E-state index contributed by atoms with van der Waals surface area (Å²) in [6.45, 7) is 4.39. The minimum absolute atomic E-state index is 0.180. The molecule has 0 bridgehead atoms. The van der Waals surface area contributed by atoms with Gasteiger partial charge in [-0.3, -0.25) is 0 Å². The van der Waals surface area contributed by atoms with E-state index in [0.717, 1.165) is 28.0 Å². The van der Waals surface area contributed by atoms with Crippen LogP contribution in [0.15, 0.2) is 46.9 Å². The summed E-state index contributed by atoms with van der Waals surface area (Å²) in [5.74, 6) is 0.734. The SMILES string of the molecule is Cc1cc(NCc2c(C)oc3ccccc23)ccc1F. The molecule has 1 N–H and O–H groups in total. The van der Waals surface area contributed by atoms with Gasteiger partial charge in [0, 0.05) is 23.2 Å². The minimum atomic E-state index is -0.180. The van der Waals surface area contributed by atoms with E-state index in [0.29, 0.717) is 12.1 Å². The molecule has 1 heterocycles. The number of aryl methyl sites for hydroxylation is 2. The van der Waals surface area contributed by atoms with E-state index in [1.165, 1.54) is 6.07 Å². The number of fused-ring (bicyclic) bond motifs is 1. The van der Waals surface area contributed by atoms with E-state index in [1.54, 1.807) is 13.0 Å². The third-order valence-corrected chi connectivity index (χ3v) is 3.53. The molecule has 0 atom stereocenters. The summed E-state index contributed by atoms with van der Waals surface area (Å²) in [4.78, 5) is 0. The predicted octanol–water partition coefficient (Wildman–Crippen LogP) is 4.80. The standard InChI is InChI=1S/C17H16FNO/c1-11-9-13(7-8-16(11)18)19-10-15-12(2)20-17-6-4-3-5-14(15)17/h3-9,19H,10H2,1-2H3. The van der Waals surface area contributed by atoms with Crippen molar-refractivity contribution in [3.63, 3.8) is 0 Å². The molecule has 1 aromatic heterocycles. The Hall–Kier alpha value is -2.29. The van der Waals surface area contributed by atoms with Gasteiger partial charge < -0.3 is 9.73 Å². The Labute approximate surface area is 117 Å². The third-order valence-electron chi connectivity index (χ3n) is 3.53. The highest BCUT2D eigenvalue weighted by molar-refractivity contribution is 5.82. The number of rotatable bonds is 3. The lowest BCUT2D eigenvalue weighted by Gasteiger charge is -2.07. The van der Waals surface area contributed by atoms with Crippen LogP contribution in [0.2, 0.25) is 0 Å². The minimum Gasteiger partial charge on any atom is -0.461 e. The second-order valence-corrected chi connectivity index (χ2v) is 4.95. The monoisotopic (exact) mass is 269 g/mol. The van der Waals surface area contributed by atoms with Crippen molar-refractivity contribution < 1.29 is 8.81 Å². The summed E-state index contributed by atoms with van der Waals surface area (Å²) in [5, 5.41) is 4.44. The smallest absolute Gasteiger partial charge is 0.134 e. The van der Waals surface area contributed by atoms with Gasteiger partial charge in [0.1, 0.15) is 17.2 Å². The van der Waals surface area contributed by atoms with Gasteiger partial charge in [0.2, 0.25) is 0 Å². The van der Waals surface area contributed by atoms with Crippen molar-refractivity contribution in [2.24, 2.45) is 0 Å². The summed E-state index contributed by atoms with van der Waals surface area (Å²) in [5.41, 5.74) is 3.59. The van der Waals surface area contributed by atoms with Crippen LogP contribution in [0, 0.1) is 19.7 Å². The summed E-state index contributed by atoms with van der Waals surface area (Å²) < 4.78 is 19.0. The van der Waals surface area contributed by atoms with Crippen LogP contribution in [0.5, 0.6) is 0 Å². The highest BCUT2D eigenvalue weighted by atomic mass is 19.1. The van der Waals surface area contributed by atoms with Crippen LogP contribution in [0.3, 0.4) is 0 Å². The van der Waals surface area contributed by atoms with Crippen LogP contribution in [-0.2, 0) is 6.54 Å². The molecule has 0 amide bonds. The zero-order valence-electron chi connectivity index (χ0n) is 11.5. The number of anilines is 1. The molecule has 102 valence electrons. The van der Waals surface area contributed by atoms with Gasteiger partial charge in [0.25, 0.3) is 0 Å². The van der Waals surface area contributed by atoms with Gasteiger partial charge in [-0.15, -0.1) is 0 Å². The molecule has 0 radical (unpaired) electrons. The second-order valence-electron chi connectivity index (χ2n) is 4.95. The lowest BCUT2D eigenvalue weighted by Crippen LogP contribution is -2.00. The predicted molar refractivity (Wildman–Crippen MR) is 79.4 cm³/mol. The largest absolute Gasteiger partial charge is 0.461 e. The molecular weight excluding hydrogens is 253 g/mol. The zero-order valence-corrected chi connectivity index (χ0v) is 11.5. The number of hydrogen-bond acceptors (Lipinski definition) is 2. The maximum absolute atomic E-state index is 13.2. The van der Waals surface area contributed by atoms with Crippen LogP contribution in [-0.4, -0.2) is 0 Å². The quantitative estimate of drug-likeness (QED) is 0.738. The highest BCUT2D eigenvalue weighted by Gasteiger charge is 2.10. The molecule has 0 unspecified atom stereocenters. The van der Waals surface area contributed by atoms with E-state index in [1.807, 2.05) is 31.2 Å². The molecule has 2 nitrogen and oxygen atoms in total. The van der Waals surface area contributed by atoms with Gasteiger partial charge in [0.15, 0.2) is 0 Å². The Bertz CT molecular complexity index is 761. The zero-order chi connectivity index (χ0) is 14.1. The number of para-hydroxylation sites is 1. The maximum atomic E-state index is 13.2. The van der Waals surface area contributed by atoms with Gasteiger partial charge >= 0.3 is 0 Å². The Balaban J connectivity index is 1.86. The Morgan fingerprint density at radius 3 is 2.70 bits per heavy atom. The van der Waals surface area contributed by atoms with E-state index in [2.05, 4.69) is 11.4 Å². The van der Waals surface area contributed by atoms with Crippen molar-refractivity contribution >= 4 is 16.7 Å². The lowest BCUT2D eigenvalue weighted by atomic mass is 10.1. The molecule has 0 spiro atoms. The molecule has 2 aromatic carbocycles. The number of nitrogens with one attached hydrogen (secondary N) is 1. The topological polar surface area (TPSA) is 25.2 Å². The number of halogens is 1. The van der Waals surface area contributed by atoms with Crippen LogP contribution in [0.1, 0.15) is 16.9 Å². The molecule has 0 aliphatic heterocycles. The number of furan rings is 1. The molecule has 3 heteroatoms.